The number of nitrogens with zero attached hydrogens (tertiary/aromatic N) is 2. The summed E-state index contributed by atoms with van der Waals surface area (Å²) in [7, 11) is 0. The van der Waals surface area contributed by atoms with Crippen LogP contribution >= 0.6 is 15.9 Å². The second-order valence-electron chi connectivity index (χ2n) is 4.58. The molecule has 1 N–H and O–H groups in total. The average molecular weight is 316 g/mol. The van der Waals surface area contributed by atoms with Crippen LogP contribution in [0.15, 0.2) is 6.07 Å². The van der Waals surface area contributed by atoms with Gasteiger partial charge in [-0.25, -0.2) is 0 Å². The van der Waals surface area contributed by atoms with Gasteiger partial charge in [0, 0.05) is 17.9 Å². The Kier molecular flexibility index (Phi) is 5.85. The third-order valence-electron chi connectivity index (χ3n) is 3.18. The number of alkyl halides is 1. The number of amides is 1. The van der Waals surface area contributed by atoms with Crippen LogP contribution in [0.5, 0.6) is 0 Å². The molecule has 0 radical (unpaired) electrons. The van der Waals surface area contributed by atoms with Crippen LogP contribution in [0.25, 0.3) is 0 Å². The summed E-state index contributed by atoms with van der Waals surface area (Å²) in [6, 6.07) is 2.02. The van der Waals surface area contributed by atoms with Crippen molar-refractivity contribution in [2.75, 3.05) is 5.33 Å². The zero-order valence-corrected chi connectivity index (χ0v) is 13.1. The van der Waals surface area contributed by atoms with E-state index in [9.17, 15) is 4.79 Å². The summed E-state index contributed by atoms with van der Waals surface area (Å²) in [6.45, 7) is 8.88. The Hall–Kier alpha value is -0.840. The Morgan fingerprint density at radius 3 is 2.67 bits per heavy atom. The highest BCUT2D eigenvalue weighted by Gasteiger charge is 2.18. The van der Waals surface area contributed by atoms with Gasteiger partial charge in [-0.1, -0.05) is 29.8 Å². The van der Waals surface area contributed by atoms with Gasteiger partial charge < -0.3 is 5.32 Å². The van der Waals surface area contributed by atoms with E-state index in [1.807, 2.05) is 26.8 Å². The van der Waals surface area contributed by atoms with Crippen molar-refractivity contribution in [3.8, 4) is 0 Å². The molecule has 0 fully saturated rings. The van der Waals surface area contributed by atoms with Crippen molar-refractivity contribution >= 4 is 21.8 Å². The smallest absolute Gasteiger partial charge is 0.269 e. The van der Waals surface area contributed by atoms with Crippen molar-refractivity contribution in [3.63, 3.8) is 0 Å². The van der Waals surface area contributed by atoms with E-state index in [4.69, 9.17) is 0 Å². The Morgan fingerprint density at radius 1 is 1.50 bits per heavy atom. The molecule has 0 spiro atoms. The largest absolute Gasteiger partial charge is 0.348 e. The summed E-state index contributed by atoms with van der Waals surface area (Å²) >= 11 is 3.44. The lowest BCUT2D eigenvalue weighted by atomic mass is 10.1. The molecule has 1 heterocycles. The van der Waals surface area contributed by atoms with Crippen LogP contribution in [0.4, 0.5) is 0 Å². The molecule has 1 aromatic rings. The molecular weight excluding hydrogens is 294 g/mol. The van der Waals surface area contributed by atoms with Crippen molar-refractivity contribution in [2.24, 2.45) is 5.92 Å². The predicted octanol–water partition coefficient (Wildman–Crippen LogP) is 2.61. The van der Waals surface area contributed by atoms with Crippen molar-refractivity contribution in [1.82, 2.24) is 15.1 Å². The minimum Gasteiger partial charge on any atom is -0.348 e. The van der Waals surface area contributed by atoms with E-state index < -0.39 is 0 Å². The van der Waals surface area contributed by atoms with Crippen LogP contribution in [-0.4, -0.2) is 27.1 Å². The standard InChI is InChI=1S/C13H22BrN3O/c1-5-11-7-12(17(6-2)16-11)13(18)15-10(4)9(3)8-14/h7,9-10H,5-6,8H2,1-4H3,(H,15,18). The van der Waals surface area contributed by atoms with Crippen LogP contribution in [0, 0.1) is 5.92 Å². The lowest BCUT2D eigenvalue weighted by molar-refractivity contribution is 0.0920. The van der Waals surface area contributed by atoms with Crippen LogP contribution in [0.3, 0.4) is 0 Å². The van der Waals surface area contributed by atoms with E-state index in [1.54, 1.807) is 4.68 Å². The molecular formula is C13H22BrN3O. The van der Waals surface area contributed by atoms with Gasteiger partial charge in [-0.2, -0.15) is 5.10 Å². The number of halogens is 1. The van der Waals surface area contributed by atoms with Gasteiger partial charge in [0.25, 0.3) is 5.91 Å². The predicted molar refractivity (Wildman–Crippen MR) is 77.2 cm³/mol. The molecule has 0 aromatic carbocycles. The van der Waals surface area contributed by atoms with Crippen LogP contribution in [0.2, 0.25) is 0 Å². The zero-order valence-electron chi connectivity index (χ0n) is 11.5. The highest BCUT2D eigenvalue weighted by Crippen LogP contribution is 2.09. The minimum absolute atomic E-state index is 0.0376. The van der Waals surface area contributed by atoms with E-state index in [-0.39, 0.29) is 11.9 Å². The van der Waals surface area contributed by atoms with Crippen LogP contribution < -0.4 is 5.32 Å². The van der Waals surface area contributed by atoms with E-state index in [0.29, 0.717) is 18.2 Å². The first-order chi connectivity index (χ1) is 8.53. The van der Waals surface area contributed by atoms with Crippen LogP contribution in [0.1, 0.15) is 43.9 Å². The van der Waals surface area contributed by atoms with Gasteiger partial charge in [0.1, 0.15) is 5.69 Å². The summed E-state index contributed by atoms with van der Waals surface area (Å²) in [5.74, 6) is 0.363. The van der Waals surface area contributed by atoms with Crippen molar-refractivity contribution in [1.29, 1.82) is 0 Å². The Bertz CT molecular complexity index is 403. The molecule has 0 bridgehead atoms. The van der Waals surface area contributed by atoms with Crippen molar-refractivity contribution < 1.29 is 4.79 Å². The fraction of sp³-hybridized carbons (Fsp3) is 0.692. The number of hydrogen-bond acceptors (Lipinski definition) is 2. The van der Waals surface area contributed by atoms with Crippen molar-refractivity contribution in [3.05, 3.63) is 17.5 Å². The molecule has 0 saturated carbocycles. The molecule has 1 rings (SSSR count). The number of hydrogen-bond donors (Lipinski definition) is 1. The fourth-order valence-electron chi connectivity index (χ4n) is 1.62. The number of carbonyl (C=O) groups excluding carboxylic acids is 1. The minimum atomic E-state index is -0.0376. The van der Waals surface area contributed by atoms with E-state index in [2.05, 4.69) is 33.3 Å². The quantitative estimate of drug-likeness (QED) is 0.820. The number of aromatic nitrogens is 2. The van der Waals surface area contributed by atoms with E-state index in [0.717, 1.165) is 17.4 Å². The van der Waals surface area contributed by atoms with Gasteiger partial charge in [0.2, 0.25) is 0 Å². The maximum absolute atomic E-state index is 12.2. The number of rotatable bonds is 6. The maximum Gasteiger partial charge on any atom is 0.269 e. The molecule has 0 saturated heterocycles. The maximum atomic E-state index is 12.2. The monoisotopic (exact) mass is 315 g/mol. The van der Waals surface area contributed by atoms with Crippen LogP contribution in [-0.2, 0) is 13.0 Å². The number of carbonyl (C=O) groups is 1. The van der Waals surface area contributed by atoms with Gasteiger partial charge >= 0.3 is 0 Å². The normalized spacial score (nSPS) is 14.3. The first-order valence-electron chi connectivity index (χ1n) is 6.46. The fourth-order valence-corrected chi connectivity index (χ4v) is 2.18. The first kappa shape index (κ1) is 15.2. The van der Waals surface area contributed by atoms with Gasteiger partial charge in [0.05, 0.1) is 5.69 Å². The zero-order chi connectivity index (χ0) is 13.7. The number of nitrogens with one attached hydrogen (secondary N) is 1. The van der Waals surface area contributed by atoms with Gasteiger partial charge in [-0.3, -0.25) is 9.48 Å². The topological polar surface area (TPSA) is 46.9 Å². The lowest BCUT2D eigenvalue weighted by Crippen LogP contribution is -2.38. The molecule has 18 heavy (non-hydrogen) atoms. The van der Waals surface area contributed by atoms with Gasteiger partial charge in [0.15, 0.2) is 0 Å². The lowest BCUT2D eigenvalue weighted by Gasteiger charge is -2.19. The summed E-state index contributed by atoms with van der Waals surface area (Å²) < 4.78 is 1.76. The molecule has 1 amide bonds. The molecule has 0 aliphatic rings. The Balaban J connectivity index is 2.80. The highest BCUT2D eigenvalue weighted by atomic mass is 79.9. The molecule has 2 unspecified atom stereocenters. The SMILES string of the molecule is CCc1cc(C(=O)NC(C)C(C)CBr)n(CC)n1. The Labute approximate surface area is 117 Å². The summed E-state index contributed by atoms with van der Waals surface area (Å²) in [6.07, 6.45) is 0.848. The highest BCUT2D eigenvalue weighted by molar-refractivity contribution is 9.09. The van der Waals surface area contributed by atoms with E-state index in [1.165, 1.54) is 0 Å². The molecule has 4 nitrogen and oxygen atoms in total. The molecule has 5 heteroatoms. The summed E-state index contributed by atoms with van der Waals surface area (Å²) in [5.41, 5.74) is 1.62. The first-order valence-corrected chi connectivity index (χ1v) is 7.59. The average Bonchev–Trinajstić information content (AvgIpc) is 2.80. The Morgan fingerprint density at radius 2 is 2.17 bits per heavy atom. The molecule has 1 aromatic heterocycles. The second kappa shape index (κ2) is 6.92. The number of aryl methyl sites for hydroxylation is 2. The second-order valence-corrected chi connectivity index (χ2v) is 5.23. The third kappa shape index (κ3) is 3.57. The van der Waals surface area contributed by atoms with Crippen molar-refractivity contribution in [2.45, 2.75) is 46.7 Å². The van der Waals surface area contributed by atoms with E-state index >= 15 is 0 Å². The summed E-state index contributed by atoms with van der Waals surface area (Å²) in [4.78, 5) is 12.2. The molecule has 0 aliphatic carbocycles. The van der Waals surface area contributed by atoms with Gasteiger partial charge in [-0.05, 0) is 32.3 Å². The molecule has 102 valence electrons. The van der Waals surface area contributed by atoms with Gasteiger partial charge in [-0.15, -0.1) is 0 Å². The molecule has 0 aliphatic heterocycles. The molecule has 2 atom stereocenters. The summed E-state index contributed by atoms with van der Waals surface area (Å²) in [5, 5.41) is 8.29. The third-order valence-corrected chi connectivity index (χ3v) is 4.20.